The highest BCUT2D eigenvalue weighted by atomic mass is 28.3. The van der Waals surface area contributed by atoms with Gasteiger partial charge in [0.2, 0.25) is 0 Å². The first-order valence-corrected chi connectivity index (χ1v) is 9.82. The van der Waals surface area contributed by atoms with E-state index >= 15 is 0 Å². The van der Waals surface area contributed by atoms with Crippen molar-refractivity contribution in [1.29, 1.82) is 0 Å². The second-order valence-electron chi connectivity index (χ2n) is 5.36. The van der Waals surface area contributed by atoms with Crippen molar-refractivity contribution in [3.8, 4) is 0 Å². The summed E-state index contributed by atoms with van der Waals surface area (Å²) in [6.45, 7) is 5.10. The molecule has 4 nitrogen and oxygen atoms in total. The molecule has 0 saturated heterocycles. The van der Waals surface area contributed by atoms with E-state index in [0.717, 1.165) is 6.54 Å². The van der Waals surface area contributed by atoms with Gasteiger partial charge in [-0.05, 0) is 5.56 Å². The minimum absolute atomic E-state index is 0.0255. The monoisotopic (exact) mass is 288 g/mol. The zero-order chi connectivity index (χ0) is 14.5. The molecule has 0 atom stereocenters. The Kier molecular flexibility index (Phi) is 4.84. The molecule has 0 bridgehead atoms. The van der Waals surface area contributed by atoms with Gasteiger partial charge in [0.1, 0.15) is 11.5 Å². The largest absolute Gasteiger partial charge is 0.323 e. The minimum atomic E-state index is -1.16. The van der Waals surface area contributed by atoms with Gasteiger partial charge in [-0.2, -0.15) is 5.10 Å². The molecular formula is C15H20N2O2Si. The van der Waals surface area contributed by atoms with Gasteiger partial charge < -0.3 is 4.67 Å². The van der Waals surface area contributed by atoms with E-state index in [1.165, 1.54) is 5.56 Å². The second-order valence-corrected chi connectivity index (χ2v) is 8.15. The number of hydrazone groups is 1. The highest BCUT2D eigenvalue weighted by Crippen LogP contribution is 2.13. The molecule has 1 aromatic carbocycles. The normalized spacial score (nSPS) is 17.9. The highest BCUT2D eigenvalue weighted by molar-refractivity contribution is 6.53. The smallest absolute Gasteiger partial charge is 0.186 e. The summed E-state index contributed by atoms with van der Waals surface area (Å²) in [4.78, 5) is 23.1. The number of carbonyl (C=O) groups excluding carboxylic acids is 2. The van der Waals surface area contributed by atoms with Crippen LogP contribution in [0.1, 0.15) is 24.8 Å². The third-order valence-corrected chi connectivity index (χ3v) is 4.84. The van der Waals surface area contributed by atoms with Crippen LogP contribution >= 0.6 is 0 Å². The Morgan fingerprint density at radius 3 is 2.45 bits per heavy atom. The van der Waals surface area contributed by atoms with Gasteiger partial charge in [0.05, 0.1) is 13.0 Å². The van der Waals surface area contributed by atoms with Gasteiger partial charge in [0, 0.05) is 12.8 Å². The minimum Gasteiger partial charge on any atom is -0.323 e. The standard InChI is InChI=1S/C15H20N2O2Si/c1-20(2)17(11-12-6-4-3-5-7-12)16-14-9-8-13(18)10-15(14)19/h3-7,20H,8-11H2,1-2H3. The average Bonchev–Trinajstić information content (AvgIpc) is 2.42. The summed E-state index contributed by atoms with van der Waals surface area (Å²) >= 11 is 0. The summed E-state index contributed by atoms with van der Waals surface area (Å²) in [5.74, 6) is -0.0701. The van der Waals surface area contributed by atoms with Crippen molar-refractivity contribution in [2.45, 2.75) is 38.9 Å². The van der Waals surface area contributed by atoms with Crippen molar-refractivity contribution >= 4 is 26.2 Å². The quantitative estimate of drug-likeness (QED) is 0.484. The number of nitrogens with zero attached hydrogens (tertiary/aromatic N) is 2. The van der Waals surface area contributed by atoms with E-state index in [-0.39, 0.29) is 18.0 Å². The van der Waals surface area contributed by atoms with Gasteiger partial charge in [0.15, 0.2) is 14.7 Å². The van der Waals surface area contributed by atoms with Gasteiger partial charge in [0.25, 0.3) is 0 Å². The van der Waals surface area contributed by atoms with Gasteiger partial charge in [-0.1, -0.05) is 43.4 Å². The first kappa shape index (κ1) is 14.7. The summed E-state index contributed by atoms with van der Waals surface area (Å²) in [7, 11) is -1.16. The second kappa shape index (κ2) is 6.61. The van der Waals surface area contributed by atoms with Crippen LogP contribution < -0.4 is 0 Å². The lowest BCUT2D eigenvalue weighted by Crippen LogP contribution is -2.34. The molecule has 0 heterocycles. The highest BCUT2D eigenvalue weighted by Gasteiger charge is 2.24. The SMILES string of the molecule is C[SiH](C)N(Cc1ccccc1)N=C1CCC(=O)CC1=O. The number of Topliss-reactive ketones (excluding diaryl/α,β-unsaturated/α-hetero) is 2. The van der Waals surface area contributed by atoms with Gasteiger partial charge in [-0.25, -0.2) is 0 Å². The number of hydrogen-bond donors (Lipinski definition) is 0. The Morgan fingerprint density at radius 2 is 1.85 bits per heavy atom. The van der Waals surface area contributed by atoms with Crippen LogP contribution in [0, 0.1) is 0 Å². The molecule has 1 fully saturated rings. The molecule has 1 aliphatic rings. The van der Waals surface area contributed by atoms with E-state index in [2.05, 4.69) is 35.0 Å². The molecule has 1 saturated carbocycles. The number of ketones is 2. The van der Waals surface area contributed by atoms with Crippen molar-refractivity contribution in [1.82, 2.24) is 4.67 Å². The van der Waals surface area contributed by atoms with E-state index < -0.39 is 8.96 Å². The lowest BCUT2D eigenvalue weighted by atomic mass is 9.96. The average molecular weight is 288 g/mol. The van der Waals surface area contributed by atoms with Crippen LogP contribution in [0.2, 0.25) is 13.1 Å². The first-order valence-electron chi connectivity index (χ1n) is 6.99. The molecule has 1 aromatic rings. The number of rotatable bonds is 4. The fourth-order valence-corrected chi connectivity index (χ4v) is 3.08. The molecular weight excluding hydrogens is 268 g/mol. The zero-order valence-electron chi connectivity index (χ0n) is 12.0. The van der Waals surface area contributed by atoms with E-state index in [1.807, 2.05) is 18.2 Å². The summed E-state index contributed by atoms with van der Waals surface area (Å²) in [5.41, 5.74) is 1.76. The maximum atomic E-state index is 11.9. The van der Waals surface area contributed by atoms with E-state index in [4.69, 9.17) is 0 Å². The molecule has 0 amide bonds. The summed E-state index contributed by atoms with van der Waals surface area (Å²) < 4.78 is 2.05. The molecule has 0 aromatic heterocycles. The van der Waals surface area contributed by atoms with Crippen molar-refractivity contribution in [2.75, 3.05) is 0 Å². The zero-order valence-corrected chi connectivity index (χ0v) is 13.2. The van der Waals surface area contributed by atoms with Crippen LogP contribution in [-0.4, -0.2) is 30.9 Å². The van der Waals surface area contributed by atoms with Crippen LogP contribution in [0.25, 0.3) is 0 Å². The molecule has 0 spiro atoms. The van der Waals surface area contributed by atoms with E-state index in [0.29, 0.717) is 18.6 Å². The van der Waals surface area contributed by atoms with Crippen LogP contribution in [-0.2, 0) is 16.1 Å². The lowest BCUT2D eigenvalue weighted by Gasteiger charge is -2.25. The number of benzene rings is 1. The summed E-state index contributed by atoms with van der Waals surface area (Å²) in [6.07, 6.45) is 0.963. The van der Waals surface area contributed by atoms with Crippen LogP contribution in [0.15, 0.2) is 35.4 Å². The fourth-order valence-electron chi connectivity index (χ4n) is 2.13. The van der Waals surface area contributed by atoms with Crippen molar-refractivity contribution < 1.29 is 9.59 Å². The van der Waals surface area contributed by atoms with Crippen molar-refractivity contribution in [2.24, 2.45) is 5.10 Å². The summed E-state index contributed by atoms with van der Waals surface area (Å²) in [6, 6.07) is 10.1. The Bertz CT molecular complexity index is 526. The molecule has 0 unspecified atom stereocenters. The Hall–Kier alpha value is -1.75. The summed E-state index contributed by atoms with van der Waals surface area (Å²) in [5, 5.41) is 4.56. The molecule has 0 N–H and O–H groups in total. The molecule has 106 valence electrons. The Balaban J connectivity index is 2.13. The topological polar surface area (TPSA) is 49.7 Å². The molecule has 2 rings (SSSR count). The van der Waals surface area contributed by atoms with Crippen LogP contribution in [0.5, 0.6) is 0 Å². The van der Waals surface area contributed by atoms with Gasteiger partial charge in [-0.15, -0.1) is 0 Å². The third-order valence-electron chi connectivity index (χ3n) is 3.35. The number of hydrogen-bond acceptors (Lipinski definition) is 4. The maximum Gasteiger partial charge on any atom is 0.186 e. The number of carbonyl (C=O) groups is 2. The predicted molar refractivity (Wildman–Crippen MR) is 82.2 cm³/mol. The van der Waals surface area contributed by atoms with Crippen LogP contribution in [0.4, 0.5) is 0 Å². The molecule has 5 heteroatoms. The molecule has 0 aliphatic heterocycles. The van der Waals surface area contributed by atoms with E-state index in [1.54, 1.807) is 0 Å². The Morgan fingerprint density at radius 1 is 1.15 bits per heavy atom. The fraction of sp³-hybridized carbons (Fsp3) is 0.400. The first-order chi connectivity index (χ1) is 9.56. The predicted octanol–water partition coefficient (Wildman–Crippen LogP) is 2.15. The van der Waals surface area contributed by atoms with Gasteiger partial charge in [-0.3, -0.25) is 9.59 Å². The van der Waals surface area contributed by atoms with Crippen molar-refractivity contribution in [3.05, 3.63) is 35.9 Å². The lowest BCUT2D eigenvalue weighted by molar-refractivity contribution is -0.125. The Labute approximate surface area is 121 Å². The molecule has 0 radical (unpaired) electrons. The van der Waals surface area contributed by atoms with E-state index in [9.17, 15) is 9.59 Å². The van der Waals surface area contributed by atoms with Crippen molar-refractivity contribution in [3.63, 3.8) is 0 Å². The maximum absolute atomic E-state index is 11.9. The third kappa shape index (κ3) is 3.87. The van der Waals surface area contributed by atoms with Crippen LogP contribution in [0.3, 0.4) is 0 Å². The molecule has 20 heavy (non-hydrogen) atoms. The molecule has 1 aliphatic carbocycles. The van der Waals surface area contributed by atoms with Gasteiger partial charge >= 0.3 is 0 Å².